The van der Waals surface area contributed by atoms with E-state index in [9.17, 15) is 22.4 Å². The predicted molar refractivity (Wildman–Crippen MR) is 71.2 cm³/mol. The van der Waals surface area contributed by atoms with Crippen LogP contribution in [0.4, 0.5) is 4.39 Å². The van der Waals surface area contributed by atoms with Crippen molar-refractivity contribution in [2.24, 2.45) is 0 Å². The van der Waals surface area contributed by atoms with Crippen LogP contribution < -0.4 is 5.32 Å². The molecule has 1 aliphatic rings. The maximum Gasteiger partial charge on any atom is 0.335 e. The van der Waals surface area contributed by atoms with Crippen LogP contribution >= 0.6 is 0 Å². The van der Waals surface area contributed by atoms with Crippen LogP contribution in [0.1, 0.15) is 29.6 Å². The number of hydrogen-bond acceptors (Lipinski definition) is 4. The molecule has 0 aliphatic carbocycles. The highest BCUT2D eigenvalue weighted by molar-refractivity contribution is 7.92. The second-order valence-corrected chi connectivity index (χ2v) is 6.87. The molecule has 0 spiro atoms. The molecular weight excluding hydrogens is 301 g/mol. The quantitative estimate of drug-likeness (QED) is 0.865. The van der Waals surface area contributed by atoms with Gasteiger partial charge in [0.25, 0.3) is 0 Å². The lowest BCUT2D eigenvalue weighted by Gasteiger charge is -2.15. The number of nitrogens with one attached hydrogen (secondary N) is 1. The summed E-state index contributed by atoms with van der Waals surface area (Å²) < 4.78 is 38.7. The average Bonchev–Trinajstić information content (AvgIpc) is 2.63. The van der Waals surface area contributed by atoms with E-state index in [0.29, 0.717) is 19.4 Å². The number of rotatable bonds is 3. The van der Waals surface area contributed by atoms with Crippen molar-refractivity contribution in [1.29, 1.82) is 0 Å². The van der Waals surface area contributed by atoms with Crippen LogP contribution in [-0.2, 0) is 14.6 Å². The molecule has 1 fully saturated rings. The van der Waals surface area contributed by atoms with Crippen LogP contribution in [0.5, 0.6) is 0 Å². The molecule has 8 heteroatoms. The van der Waals surface area contributed by atoms with Crippen LogP contribution in [0.2, 0.25) is 0 Å². The maximum atomic E-state index is 13.8. The van der Waals surface area contributed by atoms with Gasteiger partial charge in [-0.3, -0.25) is 4.79 Å². The number of carbonyl (C=O) groups is 2. The molecule has 21 heavy (non-hydrogen) atoms. The first-order chi connectivity index (χ1) is 9.84. The Kier molecular flexibility index (Phi) is 4.26. The molecule has 1 atom stereocenters. The zero-order chi connectivity index (χ0) is 15.6. The molecule has 0 aromatic heterocycles. The van der Waals surface area contributed by atoms with E-state index in [4.69, 9.17) is 5.11 Å². The molecule has 114 valence electrons. The van der Waals surface area contributed by atoms with E-state index in [2.05, 4.69) is 5.32 Å². The molecule has 1 aliphatic heterocycles. The SMILES string of the molecule is O=C(O)c1ccc(F)c(S(=O)(=O)C2CCCCNC2=O)c1. The lowest BCUT2D eigenvalue weighted by molar-refractivity contribution is -0.120. The van der Waals surface area contributed by atoms with Crippen LogP contribution in [-0.4, -0.2) is 37.2 Å². The van der Waals surface area contributed by atoms with Crippen LogP contribution in [0.25, 0.3) is 0 Å². The van der Waals surface area contributed by atoms with Gasteiger partial charge in [-0.15, -0.1) is 0 Å². The molecular formula is C13H14FNO5S. The van der Waals surface area contributed by atoms with Crippen molar-refractivity contribution in [3.63, 3.8) is 0 Å². The Balaban J connectivity index is 2.50. The molecule has 1 heterocycles. The van der Waals surface area contributed by atoms with Crippen LogP contribution in [0, 0.1) is 5.82 Å². The smallest absolute Gasteiger partial charge is 0.335 e. The van der Waals surface area contributed by atoms with Gasteiger partial charge in [0.1, 0.15) is 16.0 Å². The Morgan fingerprint density at radius 2 is 2.05 bits per heavy atom. The molecule has 2 rings (SSSR count). The molecule has 0 radical (unpaired) electrons. The fourth-order valence-electron chi connectivity index (χ4n) is 2.22. The van der Waals surface area contributed by atoms with Gasteiger partial charge in [-0.05, 0) is 37.5 Å². The minimum Gasteiger partial charge on any atom is -0.478 e. The Bertz CT molecular complexity index is 686. The first-order valence-electron chi connectivity index (χ1n) is 6.38. The monoisotopic (exact) mass is 315 g/mol. The van der Waals surface area contributed by atoms with Gasteiger partial charge in [0, 0.05) is 6.54 Å². The Morgan fingerprint density at radius 1 is 1.33 bits per heavy atom. The number of sulfone groups is 1. The van der Waals surface area contributed by atoms with E-state index in [1.54, 1.807) is 0 Å². The maximum absolute atomic E-state index is 13.8. The van der Waals surface area contributed by atoms with Crippen molar-refractivity contribution in [3.05, 3.63) is 29.6 Å². The summed E-state index contributed by atoms with van der Waals surface area (Å²) in [4.78, 5) is 22.0. The normalized spacial score (nSPS) is 19.7. The van der Waals surface area contributed by atoms with Crippen molar-refractivity contribution in [2.45, 2.75) is 29.4 Å². The Hall–Kier alpha value is -1.96. The lowest BCUT2D eigenvalue weighted by Crippen LogP contribution is -2.38. The molecule has 1 unspecified atom stereocenters. The number of amides is 1. The van der Waals surface area contributed by atoms with Gasteiger partial charge < -0.3 is 10.4 Å². The van der Waals surface area contributed by atoms with Gasteiger partial charge in [-0.2, -0.15) is 0 Å². The summed E-state index contributed by atoms with van der Waals surface area (Å²) in [5.74, 6) is -3.10. The van der Waals surface area contributed by atoms with Crippen molar-refractivity contribution in [3.8, 4) is 0 Å². The molecule has 1 saturated heterocycles. The zero-order valence-electron chi connectivity index (χ0n) is 11.0. The van der Waals surface area contributed by atoms with Gasteiger partial charge >= 0.3 is 5.97 Å². The predicted octanol–water partition coefficient (Wildman–Crippen LogP) is 0.966. The molecule has 1 amide bonds. The third-order valence-electron chi connectivity index (χ3n) is 3.34. The zero-order valence-corrected chi connectivity index (χ0v) is 11.8. The van der Waals surface area contributed by atoms with Crippen molar-refractivity contribution in [1.82, 2.24) is 5.32 Å². The molecule has 1 aromatic carbocycles. The number of carboxylic acid groups (broad SMARTS) is 1. The third-order valence-corrected chi connectivity index (χ3v) is 5.47. The van der Waals surface area contributed by atoms with Crippen LogP contribution in [0.3, 0.4) is 0 Å². The largest absolute Gasteiger partial charge is 0.478 e. The fourth-order valence-corrected chi connectivity index (χ4v) is 3.99. The summed E-state index contributed by atoms with van der Waals surface area (Å²) in [6.07, 6.45) is 1.25. The number of carbonyl (C=O) groups excluding carboxylic acids is 1. The lowest BCUT2D eigenvalue weighted by atomic mass is 10.2. The van der Waals surface area contributed by atoms with Crippen molar-refractivity contribution >= 4 is 21.7 Å². The molecule has 6 nitrogen and oxygen atoms in total. The summed E-state index contributed by atoms with van der Waals surface area (Å²) in [7, 11) is -4.27. The van der Waals surface area contributed by atoms with E-state index in [1.807, 2.05) is 0 Å². The van der Waals surface area contributed by atoms with Gasteiger partial charge in [0.05, 0.1) is 5.56 Å². The molecule has 2 N–H and O–H groups in total. The third kappa shape index (κ3) is 3.05. The molecule has 0 saturated carbocycles. The molecule has 0 bridgehead atoms. The first-order valence-corrected chi connectivity index (χ1v) is 7.93. The van der Waals surface area contributed by atoms with Gasteiger partial charge in [0.15, 0.2) is 9.84 Å². The summed E-state index contributed by atoms with van der Waals surface area (Å²) in [5.41, 5.74) is -0.344. The van der Waals surface area contributed by atoms with E-state index in [-0.39, 0.29) is 12.0 Å². The second-order valence-electron chi connectivity index (χ2n) is 4.77. The summed E-state index contributed by atoms with van der Waals surface area (Å²) >= 11 is 0. The highest BCUT2D eigenvalue weighted by atomic mass is 32.2. The summed E-state index contributed by atoms with van der Waals surface area (Å²) in [6.45, 7) is 0.377. The van der Waals surface area contributed by atoms with Gasteiger partial charge in [-0.25, -0.2) is 17.6 Å². The number of hydrogen-bond donors (Lipinski definition) is 2. The van der Waals surface area contributed by atoms with Gasteiger partial charge in [-0.1, -0.05) is 0 Å². The number of halogens is 1. The minimum absolute atomic E-state index is 0.0882. The fraction of sp³-hybridized carbons (Fsp3) is 0.385. The topological polar surface area (TPSA) is 101 Å². The van der Waals surface area contributed by atoms with E-state index in [1.165, 1.54) is 0 Å². The van der Waals surface area contributed by atoms with Crippen LogP contribution in [0.15, 0.2) is 23.1 Å². The van der Waals surface area contributed by atoms with Crippen molar-refractivity contribution in [2.75, 3.05) is 6.54 Å². The number of benzene rings is 1. The first kappa shape index (κ1) is 15.4. The van der Waals surface area contributed by atoms with E-state index >= 15 is 0 Å². The van der Waals surface area contributed by atoms with Crippen molar-refractivity contribution < 1.29 is 27.5 Å². The highest BCUT2D eigenvalue weighted by Crippen LogP contribution is 2.25. The summed E-state index contributed by atoms with van der Waals surface area (Å²) in [5, 5.41) is 9.96. The number of aromatic carboxylic acids is 1. The average molecular weight is 315 g/mol. The van der Waals surface area contributed by atoms with E-state index in [0.717, 1.165) is 18.2 Å². The van der Waals surface area contributed by atoms with Gasteiger partial charge in [0.2, 0.25) is 5.91 Å². The molecule has 1 aromatic rings. The summed E-state index contributed by atoms with van der Waals surface area (Å²) in [6, 6.07) is 2.51. The standard InChI is InChI=1S/C13H14FNO5S/c14-9-5-4-8(13(17)18)7-11(9)21(19,20)10-3-1-2-6-15-12(10)16/h4-5,7,10H,1-3,6H2,(H,15,16)(H,17,18). The number of carboxylic acids is 1. The minimum atomic E-state index is -4.27. The van der Waals surface area contributed by atoms with E-state index < -0.39 is 37.7 Å². The second kappa shape index (κ2) is 5.80. The highest BCUT2D eigenvalue weighted by Gasteiger charge is 2.36. The Morgan fingerprint density at radius 3 is 2.71 bits per heavy atom. The Labute approximate surface area is 120 Å².